The molecule has 7 nitrogen and oxygen atoms in total. The Labute approximate surface area is 185 Å². The molecule has 1 aromatic carbocycles. The van der Waals surface area contributed by atoms with Gasteiger partial charge in [-0.3, -0.25) is 9.59 Å². The summed E-state index contributed by atoms with van der Waals surface area (Å²) in [6, 6.07) is 3.96. The Morgan fingerprint density at radius 3 is 2.45 bits per heavy atom. The van der Waals surface area contributed by atoms with Crippen molar-refractivity contribution in [2.75, 3.05) is 36.7 Å². The minimum Gasteiger partial charge on any atom is -0.404 e. The van der Waals surface area contributed by atoms with Gasteiger partial charge in [0, 0.05) is 42.9 Å². The molecule has 168 valence electrons. The fourth-order valence-electron chi connectivity index (χ4n) is 2.96. The lowest BCUT2D eigenvalue weighted by molar-refractivity contribution is -0.274. The zero-order chi connectivity index (χ0) is 22.4. The molecule has 1 aliphatic heterocycles. The van der Waals surface area contributed by atoms with Crippen LogP contribution in [0.2, 0.25) is 0 Å². The molecule has 1 saturated heterocycles. The Balaban J connectivity index is 1.68. The third-order valence-electron chi connectivity index (χ3n) is 4.45. The summed E-state index contributed by atoms with van der Waals surface area (Å²) in [5.74, 6) is -0.371. The van der Waals surface area contributed by atoms with Crippen molar-refractivity contribution in [2.24, 2.45) is 0 Å². The van der Waals surface area contributed by atoms with Crippen LogP contribution >= 0.6 is 23.3 Å². The second-order valence-corrected chi connectivity index (χ2v) is 8.29. The highest BCUT2D eigenvalue weighted by Crippen LogP contribution is 2.33. The first kappa shape index (κ1) is 23.2. The Hall–Kier alpha value is -2.47. The molecule has 0 radical (unpaired) electrons. The first-order valence-electron chi connectivity index (χ1n) is 9.53. The van der Waals surface area contributed by atoms with Crippen LogP contribution in [0.4, 0.5) is 18.9 Å². The van der Waals surface area contributed by atoms with E-state index in [1.54, 1.807) is 15.8 Å². The Morgan fingerprint density at radius 1 is 1.19 bits per heavy atom. The van der Waals surface area contributed by atoms with Crippen molar-refractivity contribution in [1.82, 2.24) is 14.8 Å². The van der Waals surface area contributed by atoms with Gasteiger partial charge in [-0.2, -0.15) is 0 Å². The van der Waals surface area contributed by atoms with E-state index in [-0.39, 0.29) is 30.2 Å². The molecule has 0 saturated carbocycles. The molecule has 0 bridgehead atoms. The number of alkyl halides is 3. The maximum Gasteiger partial charge on any atom is 0.573 e. The fourth-order valence-corrected chi connectivity index (χ4v) is 4.11. The largest absolute Gasteiger partial charge is 0.573 e. The molecule has 1 aromatic heterocycles. The predicted molar refractivity (Wildman–Crippen MR) is 113 cm³/mol. The van der Waals surface area contributed by atoms with Gasteiger partial charge in [0.15, 0.2) is 5.75 Å². The number of carbonyl (C=O) groups excluding carboxylic acids is 2. The zero-order valence-electron chi connectivity index (χ0n) is 16.6. The van der Waals surface area contributed by atoms with Crippen molar-refractivity contribution in [3.63, 3.8) is 0 Å². The fraction of sp³-hybridized carbons (Fsp3) is 0.421. The molecule has 2 heterocycles. The second-order valence-electron chi connectivity index (χ2n) is 6.67. The van der Waals surface area contributed by atoms with Crippen LogP contribution in [0.5, 0.6) is 5.75 Å². The number of hydrogen-bond donors (Lipinski definition) is 1. The lowest BCUT2D eigenvalue weighted by atomic mass is 10.1. The van der Waals surface area contributed by atoms with Gasteiger partial charge >= 0.3 is 6.36 Å². The summed E-state index contributed by atoms with van der Waals surface area (Å²) in [6.07, 6.45) is -4.03. The van der Waals surface area contributed by atoms with Gasteiger partial charge < -0.3 is 19.3 Å². The van der Waals surface area contributed by atoms with E-state index >= 15 is 0 Å². The topological polar surface area (TPSA) is 74.8 Å². The van der Waals surface area contributed by atoms with E-state index in [4.69, 9.17) is 0 Å². The number of rotatable bonds is 7. The second kappa shape index (κ2) is 10.2. The van der Waals surface area contributed by atoms with Crippen LogP contribution < -0.4 is 9.46 Å². The number of hydrogen-bond acceptors (Lipinski definition) is 7. The Kier molecular flexibility index (Phi) is 7.65. The summed E-state index contributed by atoms with van der Waals surface area (Å²) in [5, 5.41) is 1.66. The van der Waals surface area contributed by atoms with Gasteiger partial charge in [0.2, 0.25) is 0 Å². The number of anilines is 1. The first-order valence-corrected chi connectivity index (χ1v) is 11.5. The maximum absolute atomic E-state index is 12.8. The molecule has 0 aliphatic carbocycles. The molecule has 12 heteroatoms. The van der Waals surface area contributed by atoms with Gasteiger partial charge in [-0.05, 0) is 24.6 Å². The van der Waals surface area contributed by atoms with E-state index in [2.05, 4.69) is 14.4 Å². The summed E-state index contributed by atoms with van der Waals surface area (Å²) in [5.41, 5.74) is 2.17. The number of amides is 2. The molecule has 1 N–H and O–H groups in total. The Morgan fingerprint density at radius 2 is 1.87 bits per heavy atom. The van der Waals surface area contributed by atoms with E-state index in [0.717, 1.165) is 12.5 Å². The molecule has 3 rings (SSSR count). The number of benzene rings is 1. The molecule has 2 amide bonds. The van der Waals surface area contributed by atoms with Crippen molar-refractivity contribution < 1.29 is 27.5 Å². The van der Waals surface area contributed by atoms with Gasteiger partial charge in [0.05, 0.1) is 11.2 Å². The summed E-state index contributed by atoms with van der Waals surface area (Å²) in [4.78, 5) is 32.3. The molecule has 1 fully saturated rings. The maximum atomic E-state index is 12.8. The smallest absolute Gasteiger partial charge is 0.404 e. The number of thiazole rings is 1. The summed E-state index contributed by atoms with van der Waals surface area (Å²) >= 11 is 2.58. The minimum atomic E-state index is -4.88. The van der Waals surface area contributed by atoms with Gasteiger partial charge in [-0.1, -0.05) is 18.9 Å². The highest BCUT2D eigenvalue weighted by atomic mass is 32.2. The molecular weight excluding hydrogens is 453 g/mol. The van der Waals surface area contributed by atoms with Gasteiger partial charge in [-0.15, -0.1) is 24.5 Å². The summed E-state index contributed by atoms with van der Waals surface area (Å²) in [6.45, 7) is 3.14. The van der Waals surface area contributed by atoms with Crippen molar-refractivity contribution in [2.45, 2.75) is 19.7 Å². The van der Waals surface area contributed by atoms with Crippen LogP contribution in [0.3, 0.4) is 0 Å². The summed E-state index contributed by atoms with van der Waals surface area (Å²) in [7, 11) is 0. The van der Waals surface area contributed by atoms with Crippen LogP contribution in [0.25, 0.3) is 0 Å². The number of aromatic nitrogens is 1. The van der Waals surface area contributed by atoms with Crippen molar-refractivity contribution in [3.8, 4) is 5.75 Å². The molecule has 31 heavy (non-hydrogen) atoms. The van der Waals surface area contributed by atoms with E-state index in [9.17, 15) is 22.8 Å². The lowest BCUT2D eigenvalue weighted by Gasteiger charge is -2.34. The normalized spacial score (nSPS) is 14.5. The predicted octanol–water partition coefficient (Wildman–Crippen LogP) is 4.11. The quantitative estimate of drug-likeness (QED) is 0.481. The average molecular weight is 475 g/mol. The highest BCUT2D eigenvalue weighted by Gasteiger charge is 2.33. The van der Waals surface area contributed by atoms with Crippen molar-refractivity contribution in [3.05, 3.63) is 40.3 Å². The number of nitrogens with zero attached hydrogens (tertiary/aromatic N) is 3. The SMILES string of the molecule is CCCSNc1ccc(C(=O)N2CCN(C(=O)c3cscn3)CC2)cc1OC(F)(F)F. The van der Waals surface area contributed by atoms with E-state index in [1.165, 1.54) is 40.3 Å². The van der Waals surface area contributed by atoms with Crippen molar-refractivity contribution >= 4 is 40.8 Å². The third-order valence-corrected chi connectivity index (χ3v) is 6.01. The standard InChI is InChI=1S/C19H21F3N4O3S2/c1-2-9-31-24-14-4-3-13(10-16(14)29-19(20,21)22)17(27)25-5-7-26(8-6-25)18(28)15-11-30-12-23-15/h3-4,10-12,24H,2,5-9H2,1H3. The van der Waals surface area contributed by atoms with Crippen LogP contribution in [0.15, 0.2) is 29.1 Å². The van der Waals surface area contributed by atoms with E-state index in [0.29, 0.717) is 24.5 Å². The van der Waals surface area contributed by atoms with Crippen LogP contribution in [0, 0.1) is 0 Å². The third kappa shape index (κ3) is 6.26. The molecular formula is C19H21F3N4O3S2. The van der Waals surface area contributed by atoms with Gasteiger partial charge in [-0.25, -0.2) is 4.98 Å². The van der Waals surface area contributed by atoms with E-state index < -0.39 is 18.0 Å². The zero-order valence-corrected chi connectivity index (χ0v) is 18.3. The van der Waals surface area contributed by atoms with Gasteiger partial charge in [0.25, 0.3) is 11.8 Å². The Bertz CT molecular complexity index is 901. The minimum absolute atomic E-state index is 0.0876. The summed E-state index contributed by atoms with van der Waals surface area (Å²) < 4.78 is 45.5. The average Bonchev–Trinajstić information content (AvgIpc) is 3.28. The molecule has 0 atom stereocenters. The van der Waals surface area contributed by atoms with Crippen LogP contribution in [0.1, 0.15) is 34.2 Å². The first-order chi connectivity index (χ1) is 14.8. The number of nitrogens with one attached hydrogen (secondary N) is 1. The number of piperazine rings is 1. The molecule has 2 aromatic rings. The van der Waals surface area contributed by atoms with Gasteiger partial charge in [0.1, 0.15) is 5.69 Å². The molecule has 0 unspecified atom stereocenters. The number of carbonyl (C=O) groups is 2. The van der Waals surface area contributed by atoms with Crippen molar-refractivity contribution in [1.29, 1.82) is 0 Å². The number of halogens is 3. The van der Waals surface area contributed by atoms with Crippen LogP contribution in [-0.2, 0) is 0 Å². The van der Waals surface area contributed by atoms with Crippen LogP contribution in [-0.4, -0.2) is 64.9 Å². The van der Waals surface area contributed by atoms with E-state index in [1.807, 2.05) is 6.92 Å². The lowest BCUT2D eigenvalue weighted by Crippen LogP contribution is -2.50. The monoisotopic (exact) mass is 474 g/mol. The molecule has 1 aliphatic rings. The molecule has 0 spiro atoms. The number of ether oxygens (including phenoxy) is 1. The highest BCUT2D eigenvalue weighted by molar-refractivity contribution is 8.00.